The first-order chi connectivity index (χ1) is 15.9. The minimum absolute atomic E-state index is 0.0775. The summed E-state index contributed by atoms with van der Waals surface area (Å²) >= 11 is 0. The molecule has 0 radical (unpaired) electrons. The fourth-order valence-corrected chi connectivity index (χ4v) is 3.71. The van der Waals surface area contributed by atoms with Crippen LogP contribution in [0, 0.1) is 11.7 Å². The van der Waals surface area contributed by atoms with Gasteiger partial charge in [0.1, 0.15) is 17.3 Å². The highest BCUT2D eigenvalue weighted by molar-refractivity contribution is 6.51. The van der Waals surface area contributed by atoms with Crippen LogP contribution in [0.3, 0.4) is 0 Å². The van der Waals surface area contributed by atoms with Crippen LogP contribution in [-0.4, -0.2) is 28.4 Å². The number of anilines is 1. The molecule has 1 aliphatic heterocycles. The van der Waals surface area contributed by atoms with Gasteiger partial charge in [-0.2, -0.15) is 0 Å². The van der Waals surface area contributed by atoms with E-state index in [1.807, 2.05) is 13.8 Å². The van der Waals surface area contributed by atoms with Crippen LogP contribution < -0.4 is 9.64 Å². The Morgan fingerprint density at radius 1 is 1.09 bits per heavy atom. The summed E-state index contributed by atoms with van der Waals surface area (Å²) in [6.45, 7) is 4.62. The van der Waals surface area contributed by atoms with Crippen molar-refractivity contribution in [2.45, 2.75) is 19.9 Å². The smallest absolute Gasteiger partial charge is 0.300 e. The second kappa shape index (κ2) is 9.24. The van der Waals surface area contributed by atoms with Crippen LogP contribution in [-0.2, 0) is 9.59 Å². The second-order valence-corrected chi connectivity index (χ2v) is 8.16. The van der Waals surface area contributed by atoms with Gasteiger partial charge in [0, 0.05) is 23.6 Å². The number of aromatic nitrogens is 1. The average Bonchev–Trinajstić information content (AvgIpc) is 3.08. The number of rotatable bonds is 6. The number of amides is 1. The van der Waals surface area contributed by atoms with Gasteiger partial charge in [0.25, 0.3) is 11.7 Å². The summed E-state index contributed by atoms with van der Waals surface area (Å²) < 4.78 is 19.6. The number of carbonyl (C=O) groups is 2. The maximum atomic E-state index is 13.9. The van der Waals surface area contributed by atoms with Gasteiger partial charge in [-0.15, -0.1) is 0 Å². The van der Waals surface area contributed by atoms with E-state index in [1.54, 1.807) is 42.5 Å². The van der Waals surface area contributed by atoms with Crippen LogP contribution in [0.5, 0.6) is 5.75 Å². The average molecular weight is 446 g/mol. The molecule has 1 atom stereocenters. The van der Waals surface area contributed by atoms with Crippen molar-refractivity contribution in [3.05, 3.63) is 95.6 Å². The molecule has 7 heteroatoms. The van der Waals surface area contributed by atoms with Crippen molar-refractivity contribution >= 4 is 23.1 Å². The molecule has 1 aromatic heterocycles. The Kier molecular flexibility index (Phi) is 6.22. The molecule has 0 saturated carbocycles. The second-order valence-electron chi connectivity index (χ2n) is 8.16. The summed E-state index contributed by atoms with van der Waals surface area (Å²) in [6.07, 6.45) is 3.06. The molecule has 1 unspecified atom stereocenters. The van der Waals surface area contributed by atoms with Crippen molar-refractivity contribution in [1.82, 2.24) is 4.98 Å². The van der Waals surface area contributed by atoms with Crippen molar-refractivity contribution in [2.75, 3.05) is 11.5 Å². The van der Waals surface area contributed by atoms with Crippen LogP contribution in [0.2, 0.25) is 0 Å². The Hall–Kier alpha value is -4.00. The molecule has 1 fully saturated rings. The molecule has 1 N–H and O–H groups in total. The third-order valence-electron chi connectivity index (χ3n) is 5.26. The zero-order chi connectivity index (χ0) is 23.5. The van der Waals surface area contributed by atoms with E-state index in [0.29, 0.717) is 29.4 Å². The van der Waals surface area contributed by atoms with E-state index in [0.717, 1.165) is 0 Å². The predicted octanol–water partition coefficient (Wildman–Crippen LogP) is 4.88. The molecule has 4 rings (SSSR count). The van der Waals surface area contributed by atoms with Crippen LogP contribution in [0.25, 0.3) is 5.76 Å². The van der Waals surface area contributed by atoms with Gasteiger partial charge in [-0.05, 0) is 66.1 Å². The first-order valence-electron chi connectivity index (χ1n) is 10.6. The van der Waals surface area contributed by atoms with Gasteiger partial charge in [-0.25, -0.2) is 4.39 Å². The highest BCUT2D eigenvalue weighted by atomic mass is 19.1. The van der Waals surface area contributed by atoms with E-state index in [-0.39, 0.29) is 17.0 Å². The SMILES string of the molecule is CC(C)COc1ccc(/C(O)=C2\C(=O)C(=O)N(c3cccc(F)c3)C2c2ccncc2)cc1. The summed E-state index contributed by atoms with van der Waals surface area (Å²) in [5.74, 6) is -1.56. The summed E-state index contributed by atoms with van der Waals surface area (Å²) in [5.41, 5.74) is 1.07. The summed E-state index contributed by atoms with van der Waals surface area (Å²) in [7, 11) is 0. The molecule has 1 saturated heterocycles. The van der Waals surface area contributed by atoms with Crippen molar-refractivity contribution in [3.63, 3.8) is 0 Å². The minimum atomic E-state index is -0.938. The van der Waals surface area contributed by atoms with E-state index >= 15 is 0 Å². The lowest BCUT2D eigenvalue weighted by atomic mass is 9.95. The van der Waals surface area contributed by atoms with E-state index in [1.165, 1.54) is 35.5 Å². The van der Waals surface area contributed by atoms with Crippen molar-refractivity contribution in [3.8, 4) is 5.75 Å². The first-order valence-corrected chi connectivity index (χ1v) is 10.6. The third-order valence-corrected chi connectivity index (χ3v) is 5.26. The lowest BCUT2D eigenvalue weighted by Crippen LogP contribution is -2.29. The number of carbonyl (C=O) groups excluding carboxylic acids is 2. The number of aliphatic hydroxyl groups excluding tert-OH is 1. The summed E-state index contributed by atoms with van der Waals surface area (Å²) in [6, 6.07) is 14.5. The topological polar surface area (TPSA) is 79.7 Å². The summed E-state index contributed by atoms with van der Waals surface area (Å²) in [4.78, 5) is 31.3. The van der Waals surface area contributed by atoms with Gasteiger partial charge in [-0.3, -0.25) is 19.5 Å². The fourth-order valence-electron chi connectivity index (χ4n) is 3.71. The normalized spacial score (nSPS) is 17.6. The van der Waals surface area contributed by atoms with Crippen LogP contribution >= 0.6 is 0 Å². The lowest BCUT2D eigenvalue weighted by Gasteiger charge is -2.25. The maximum Gasteiger partial charge on any atom is 0.300 e. The molecule has 2 aromatic carbocycles. The molecule has 2 heterocycles. The van der Waals surface area contributed by atoms with Gasteiger partial charge in [-0.1, -0.05) is 19.9 Å². The molecule has 168 valence electrons. The highest BCUT2D eigenvalue weighted by Crippen LogP contribution is 2.42. The Morgan fingerprint density at radius 3 is 2.42 bits per heavy atom. The molecule has 1 aliphatic rings. The van der Waals surface area contributed by atoms with Gasteiger partial charge in [0.2, 0.25) is 0 Å². The van der Waals surface area contributed by atoms with Crippen molar-refractivity contribution in [2.24, 2.45) is 5.92 Å². The van der Waals surface area contributed by atoms with Crippen LogP contribution in [0.15, 0.2) is 78.6 Å². The Bertz CT molecular complexity index is 1210. The molecular formula is C26H23FN2O4. The van der Waals surface area contributed by atoms with E-state index < -0.39 is 23.5 Å². The number of benzene rings is 2. The van der Waals surface area contributed by atoms with Crippen LogP contribution in [0.1, 0.15) is 31.0 Å². The van der Waals surface area contributed by atoms with E-state index in [9.17, 15) is 19.1 Å². The monoisotopic (exact) mass is 446 g/mol. The zero-order valence-corrected chi connectivity index (χ0v) is 18.2. The summed E-state index contributed by atoms with van der Waals surface area (Å²) in [5, 5.41) is 11.1. The molecule has 33 heavy (non-hydrogen) atoms. The Balaban J connectivity index is 1.80. The molecule has 0 aliphatic carbocycles. The van der Waals surface area contributed by atoms with E-state index in [2.05, 4.69) is 4.98 Å². The van der Waals surface area contributed by atoms with Gasteiger partial charge < -0.3 is 9.84 Å². The maximum absolute atomic E-state index is 13.9. The highest BCUT2D eigenvalue weighted by Gasteiger charge is 2.47. The van der Waals surface area contributed by atoms with E-state index in [4.69, 9.17) is 4.74 Å². The van der Waals surface area contributed by atoms with Gasteiger partial charge >= 0.3 is 0 Å². The number of halogens is 1. The number of Topliss-reactive ketones (excluding diaryl/α,β-unsaturated/α-hetero) is 1. The third kappa shape index (κ3) is 4.48. The largest absolute Gasteiger partial charge is 0.507 e. The number of aliphatic hydroxyl groups is 1. The predicted molar refractivity (Wildman–Crippen MR) is 122 cm³/mol. The van der Waals surface area contributed by atoms with Crippen LogP contribution in [0.4, 0.5) is 10.1 Å². The molecule has 0 bridgehead atoms. The molecular weight excluding hydrogens is 423 g/mol. The first kappa shape index (κ1) is 22.2. The number of pyridine rings is 1. The number of nitrogens with zero attached hydrogens (tertiary/aromatic N) is 2. The van der Waals surface area contributed by atoms with Crippen molar-refractivity contribution in [1.29, 1.82) is 0 Å². The number of ketones is 1. The Morgan fingerprint density at radius 2 is 1.79 bits per heavy atom. The number of hydrogen-bond donors (Lipinski definition) is 1. The Labute approximate surface area is 191 Å². The molecule has 6 nitrogen and oxygen atoms in total. The number of hydrogen-bond acceptors (Lipinski definition) is 5. The molecule has 3 aromatic rings. The van der Waals surface area contributed by atoms with Gasteiger partial charge in [0.15, 0.2) is 0 Å². The number of ether oxygens (including phenoxy) is 1. The molecule has 1 amide bonds. The standard InChI is InChI=1S/C26H23FN2O4/c1-16(2)15-33-21-8-6-18(7-9-21)24(30)22-23(17-10-12-28-13-11-17)29(26(32)25(22)31)20-5-3-4-19(27)14-20/h3-14,16,23,30H,15H2,1-2H3/b24-22+. The van der Waals surface area contributed by atoms with Crippen molar-refractivity contribution < 1.29 is 23.8 Å². The fraction of sp³-hybridized carbons (Fsp3) is 0.192. The minimum Gasteiger partial charge on any atom is -0.507 e. The van der Waals surface area contributed by atoms with Gasteiger partial charge in [0.05, 0.1) is 18.2 Å². The quantitative estimate of drug-likeness (QED) is 0.332. The zero-order valence-electron chi connectivity index (χ0n) is 18.2. The molecule has 0 spiro atoms. The lowest BCUT2D eigenvalue weighted by molar-refractivity contribution is -0.132.